The topological polar surface area (TPSA) is 36.4 Å². The van der Waals surface area contributed by atoms with Gasteiger partial charge in [-0.05, 0) is 46.5 Å². The van der Waals surface area contributed by atoms with Crippen LogP contribution in [0.15, 0.2) is 145 Å². The van der Waals surface area contributed by atoms with E-state index in [9.17, 15) is 0 Å². The smallest absolute Gasteiger partial charge is 0.133 e. The standard InChI is InChI=1S/C39H27N3S2/c1-3-11-24(12-4-1)27-16-10-20-33-35(27)30-22-21-26(23-34(30)43-33)38-40-37(25-13-5-2-6-14-25)41-39(42-38)31-18-9-17-29-28-15-7-8-19-32(28)44-36(29)31/h1-23,37-38,40H,(H,41,42). The molecule has 0 radical (unpaired) electrons. The van der Waals surface area contributed by atoms with Crippen LogP contribution in [-0.4, -0.2) is 5.84 Å². The molecule has 5 heteroatoms. The maximum atomic E-state index is 5.35. The molecule has 8 aromatic rings. The Morgan fingerprint density at radius 1 is 0.523 bits per heavy atom. The molecule has 0 fully saturated rings. The third-order valence-electron chi connectivity index (χ3n) is 8.58. The van der Waals surface area contributed by atoms with Crippen LogP contribution < -0.4 is 10.6 Å². The van der Waals surface area contributed by atoms with Crippen LogP contribution in [0.25, 0.3) is 51.5 Å². The highest BCUT2D eigenvalue weighted by Crippen LogP contribution is 2.42. The highest BCUT2D eigenvalue weighted by molar-refractivity contribution is 7.26. The second kappa shape index (κ2) is 10.4. The van der Waals surface area contributed by atoms with E-state index in [0.29, 0.717) is 0 Å². The maximum Gasteiger partial charge on any atom is 0.133 e. The summed E-state index contributed by atoms with van der Waals surface area (Å²) in [6.45, 7) is 0. The number of rotatable bonds is 4. The lowest BCUT2D eigenvalue weighted by atomic mass is 9.99. The predicted molar refractivity (Wildman–Crippen MR) is 189 cm³/mol. The van der Waals surface area contributed by atoms with Gasteiger partial charge in [0.25, 0.3) is 0 Å². The lowest BCUT2D eigenvalue weighted by Crippen LogP contribution is -2.44. The molecule has 2 unspecified atom stereocenters. The molecular weight excluding hydrogens is 575 g/mol. The van der Waals surface area contributed by atoms with Crippen molar-refractivity contribution in [1.82, 2.24) is 10.6 Å². The molecule has 0 bridgehead atoms. The highest BCUT2D eigenvalue weighted by Gasteiger charge is 2.27. The van der Waals surface area contributed by atoms with Crippen LogP contribution >= 0.6 is 22.7 Å². The number of fused-ring (bicyclic) bond motifs is 6. The van der Waals surface area contributed by atoms with Gasteiger partial charge in [0.05, 0.1) is 0 Å². The zero-order valence-electron chi connectivity index (χ0n) is 23.7. The molecule has 6 aromatic carbocycles. The van der Waals surface area contributed by atoms with Crippen molar-refractivity contribution in [3.8, 4) is 11.1 Å². The van der Waals surface area contributed by atoms with Crippen molar-refractivity contribution in [3.05, 3.63) is 156 Å². The van der Waals surface area contributed by atoms with Gasteiger partial charge in [0.15, 0.2) is 0 Å². The molecule has 9 rings (SSSR count). The zero-order valence-corrected chi connectivity index (χ0v) is 25.3. The molecular formula is C39H27N3S2. The first-order valence-electron chi connectivity index (χ1n) is 14.9. The Bertz CT molecular complexity index is 2350. The summed E-state index contributed by atoms with van der Waals surface area (Å²) in [5, 5.41) is 12.8. The number of thiophene rings is 2. The van der Waals surface area contributed by atoms with E-state index in [1.807, 2.05) is 22.7 Å². The Balaban J connectivity index is 1.19. The van der Waals surface area contributed by atoms with Gasteiger partial charge in [-0.1, -0.05) is 115 Å². The van der Waals surface area contributed by atoms with E-state index < -0.39 is 0 Å². The van der Waals surface area contributed by atoms with Crippen molar-refractivity contribution in [2.75, 3.05) is 0 Å². The van der Waals surface area contributed by atoms with Crippen LogP contribution in [0.2, 0.25) is 0 Å². The van der Waals surface area contributed by atoms with E-state index in [0.717, 1.165) is 17.0 Å². The van der Waals surface area contributed by atoms with E-state index in [-0.39, 0.29) is 12.3 Å². The fraction of sp³-hybridized carbons (Fsp3) is 0.0513. The summed E-state index contributed by atoms with van der Waals surface area (Å²) < 4.78 is 5.15. The highest BCUT2D eigenvalue weighted by atomic mass is 32.1. The number of hydrogen-bond acceptors (Lipinski definition) is 5. The molecule has 0 aliphatic carbocycles. The van der Waals surface area contributed by atoms with Gasteiger partial charge in [-0.2, -0.15) is 0 Å². The summed E-state index contributed by atoms with van der Waals surface area (Å²) in [4.78, 5) is 5.35. The third-order valence-corrected chi connectivity index (χ3v) is 10.9. The van der Waals surface area contributed by atoms with Crippen molar-refractivity contribution < 1.29 is 0 Å². The normalized spacial score (nSPS) is 16.9. The molecule has 3 heterocycles. The third kappa shape index (κ3) is 4.24. The maximum absolute atomic E-state index is 5.35. The average molecular weight is 602 g/mol. The fourth-order valence-corrected chi connectivity index (χ4v) is 8.89. The van der Waals surface area contributed by atoms with E-state index in [2.05, 4.69) is 150 Å². The minimum Gasteiger partial charge on any atom is -0.350 e. The van der Waals surface area contributed by atoms with Gasteiger partial charge in [-0.25, -0.2) is 4.99 Å². The van der Waals surface area contributed by atoms with Crippen LogP contribution in [-0.2, 0) is 0 Å². The fourth-order valence-electron chi connectivity index (χ4n) is 6.49. The van der Waals surface area contributed by atoms with E-state index in [4.69, 9.17) is 4.99 Å². The van der Waals surface area contributed by atoms with Gasteiger partial charge < -0.3 is 5.32 Å². The second-order valence-electron chi connectivity index (χ2n) is 11.2. The van der Waals surface area contributed by atoms with Crippen molar-refractivity contribution in [2.45, 2.75) is 12.3 Å². The quantitative estimate of drug-likeness (QED) is 0.211. The summed E-state index contributed by atoms with van der Waals surface area (Å²) in [5.74, 6) is 0.919. The van der Waals surface area contributed by atoms with Crippen LogP contribution in [0.4, 0.5) is 0 Å². The summed E-state index contributed by atoms with van der Waals surface area (Å²) in [6.07, 6.45) is -0.287. The molecule has 0 spiro atoms. The Morgan fingerprint density at radius 2 is 1.25 bits per heavy atom. The van der Waals surface area contributed by atoms with E-state index >= 15 is 0 Å². The van der Waals surface area contributed by atoms with Crippen molar-refractivity contribution in [3.63, 3.8) is 0 Å². The molecule has 3 nitrogen and oxygen atoms in total. The lowest BCUT2D eigenvalue weighted by Gasteiger charge is -2.32. The molecule has 0 amide bonds. The molecule has 2 atom stereocenters. The van der Waals surface area contributed by atoms with Crippen molar-refractivity contribution >= 4 is 68.9 Å². The number of nitrogens with zero attached hydrogens (tertiary/aromatic N) is 1. The van der Waals surface area contributed by atoms with Crippen molar-refractivity contribution in [1.29, 1.82) is 0 Å². The SMILES string of the molecule is c1ccc(-c2cccc3sc4cc(C5N=C(c6cccc7c6sc6ccccc67)NC(c6ccccc6)N5)ccc4c23)cc1. The summed E-state index contributed by atoms with van der Waals surface area (Å²) in [5.41, 5.74) is 6.02. The Hall–Kier alpha value is -4.81. The lowest BCUT2D eigenvalue weighted by molar-refractivity contribution is 0.409. The molecule has 0 saturated carbocycles. The van der Waals surface area contributed by atoms with Gasteiger partial charge >= 0.3 is 0 Å². The molecule has 1 aliphatic heterocycles. The molecule has 210 valence electrons. The van der Waals surface area contributed by atoms with Gasteiger partial charge in [-0.3, -0.25) is 5.32 Å². The van der Waals surface area contributed by atoms with Crippen LogP contribution in [0, 0.1) is 0 Å². The van der Waals surface area contributed by atoms with E-state index in [1.165, 1.54) is 57.0 Å². The first kappa shape index (κ1) is 25.7. The zero-order chi connectivity index (χ0) is 29.0. The van der Waals surface area contributed by atoms with Crippen LogP contribution in [0.3, 0.4) is 0 Å². The molecule has 0 saturated heterocycles. The summed E-state index contributed by atoms with van der Waals surface area (Å²) in [6, 6.07) is 50.1. The largest absolute Gasteiger partial charge is 0.350 e. The molecule has 1 aliphatic rings. The molecule has 2 N–H and O–H groups in total. The minimum atomic E-state index is -0.204. The van der Waals surface area contributed by atoms with Gasteiger partial charge in [0, 0.05) is 45.9 Å². The average Bonchev–Trinajstić information content (AvgIpc) is 3.67. The second-order valence-corrected chi connectivity index (χ2v) is 13.4. The Labute approximate surface area is 263 Å². The first-order chi connectivity index (χ1) is 21.8. The molecule has 44 heavy (non-hydrogen) atoms. The van der Waals surface area contributed by atoms with Gasteiger partial charge in [-0.15, -0.1) is 22.7 Å². The Kier molecular flexibility index (Phi) is 6.08. The number of amidine groups is 1. The van der Waals surface area contributed by atoms with Gasteiger partial charge in [0.1, 0.15) is 18.2 Å². The Morgan fingerprint density at radius 3 is 2.14 bits per heavy atom. The number of benzene rings is 6. The van der Waals surface area contributed by atoms with Crippen molar-refractivity contribution in [2.24, 2.45) is 4.99 Å². The summed E-state index contributed by atoms with van der Waals surface area (Å²) in [7, 11) is 0. The van der Waals surface area contributed by atoms with E-state index in [1.54, 1.807) is 0 Å². The van der Waals surface area contributed by atoms with Crippen LogP contribution in [0.1, 0.15) is 29.0 Å². The first-order valence-corrected chi connectivity index (χ1v) is 16.5. The minimum absolute atomic E-state index is 0.0823. The monoisotopic (exact) mass is 601 g/mol. The van der Waals surface area contributed by atoms with Crippen LogP contribution in [0.5, 0.6) is 0 Å². The predicted octanol–water partition coefficient (Wildman–Crippen LogP) is 10.4. The van der Waals surface area contributed by atoms with Gasteiger partial charge in [0.2, 0.25) is 0 Å². The number of aliphatic imine (C=N–C) groups is 1. The number of nitrogens with one attached hydrogen (secondary N) is 2. The molecule has 2 aromatic heterocycles. The number of hydrogen-bond donors (Lipinski definition) is 2. The summed E-state index contributed by atoms with van der Waals surface area (Å²) >= 11 is 3.70.